The topological polar surface area (TPSA) is 67.2 Å². The molecule has 24 heavy (non-hydrogen) atoms. The maximum absolute atomic E-state index is 13.9. The maximum Gasteiger partial charge on any atom is 0.254 e. The van der Waals surface area contributed by atoms with Crippen LogP contribution in [0, 0.1) is 18.7 Å². The first-order chi connectivity index (χ1) is 11.6. The summed E-state index contributed by atoms with van der Waals surface area (Å²) >= 11 is 0. The number of nitrogens with zero attached hydrogens (tertiary/aromatic N) is 2. The van der Waals surface area contributed by atoms with Crippen LogP contribution < -0.4 is 5.32 Å². The van der Waals surface area contributed by atoms with E-state index >= 15 is 0 Å². The predicted molar refractivity (Wildman–Crippen MR) is 88.6 cm³/mol. The Morgan fingerprint density at radius 1 is 1.42 bits per heavy atom. The van der Waals surface area contributed by atoms with Crippen molar-refractivity contribution in [2.75, 3.05) is 6.54 Å². The fraction of sp³-hybridized carbons (Fsp3) is 0.444. The number of carbonyl (C=O) groups excluding carboxylic acids is 1. The third kappa shape index (κ3) is 3.33. The summed E-state index contributed by atoms with van der Waals surface area (Å²) in [5.74, 6) is -0.424. The van der Waals surface area contributed by atoms with Gasteiger partial charge < -0.3 is 10.4 Å². The average molecular weight is 331 g/mol. The Kier molecular flexibility index (Phi) is 4.94. The quantitative estimate of drug-likeness (QED) is 0.885. The molecule has 0 spiro atoms. The van der Waals surface area contributed by atoms with E-state index in [2.05, 4.69) is 10.4 Å². The summed E-state index contributed by atoms with van der Waals surface area (Å²) in [6.07, 6.45) is 5.23. The van der Waals surface area contributed by atoms with Crippen LogP contribution in [0.4, 0.5) is 4.39 Å². The number of amides is 1. The van der Waals surface area contributed by atoms with Gasteiger partial charge in [0.2, 0.25) is 0 Å². The lowest BCUT2D eigenvalue weighted by Crippen LogP contribution is -2.35. The molecule has 128 valence electrons. The summed E-state index contributed by atoms with van der Waals surface area (Å²) in [7, 11) is 0. The first kappa shape index (κ1) is 16.6. The van der Waals surface area contributed by atoms with E-state index in [4.69, 9.17) is 0 Å². The van der Waals surface area contributed by atoms with Gasteiger partial charge in [-0.25, -0.2) is 9.07 Å². The second kappa shape index (κ2) is 7.13. The zero-order valence-electron chi connectivity index (χ0n) is 13.7. The van der Waals surface area contributed by atoms with E-state index in [0.29, 0.717) is 16.9 Å². The molecule has 1 aromatic carbocycles. The van der Waals surface area contributed by atoms with E-state index in [-0.39, 0.29) is 18.4 Å². The van der Waals surface area contributed by atoms with Crippen molar-refractivity contribution in [1.82, 2.24) is 15.1 Å². The molecule has 1 aliphatic carbocycles. The Balaban J connectivity index is 1.69. The Labute approximate surface area is 140 Å². The zero-order chi connectivity index (χ0) is 17.1. The maximum atomic E-state index is 13.9. The molecule has 3 rings (SSSR count). The highest BCUT2D eigenvalue weighted by atomic mass is 19.1. The number of hydrogen-bond acceptors (Lipinski definition) is 3. The molecule has 6 heteroatoms. The SMILES string of the molecule is Cc1c(C(=O)NCC(O)C2CCCC2)cnn1-c1ccccc1F. The highest BCUT2D eigenvalue weighted by molar-refractivity contribution is 5.95. The van der Waals surface area contributed by atoms with E-state index in [9.17, 15) is 14.3 Å². The van der Waals surface area contributed by atoms with E-state index in [1.54, 1.807) is 25.1 Å². The van der Waals surface area contributed by atoms with Crippen molar-refractivity contribution in [3.8, 4) is 5.69 Å². The first-order valence-corrected chi connectivity index (χ1v) is 8.33. The summed E-state index contributed by atoms with van der Waals surface area (Å²) in [4.78, 5) is 12.3. The molecule has 1 aliphatic rings. The van der Waals surface area contributed by atoms with Crippen LogP contribution in [0.2, 0.25) is 0 Å². The number of para-hydroxylation sites is 1. The van der Waals surface area contributed by atoms with Crippen molar-refractivity contribution >= 4 is 5.91 Å². The molecule has 2 aromatic rings. The Morgan fingerprint density at radius 2 is 2.12 bits per heavy atom. The molecular weight excluding hydrogens is 309 g/mol. The van der Waals surface area contributed by atoms with Gasteiger partial charge in [-0.15, -0.1) is 0 Å². The van der Waals surface area contributed by atoms with Crippen molar-refractivity contribution in [2.24, 2.45) is 5.92 Å². The van der Waals surface area contributed by atoms with E-state index in [1.165, 1.54) is 16.9 Å². The number of aliphatic hydroxyl groups is 1. The van der Waals surface area contributed by atoms with Gasteiger partial charge in [0.1, 0.15) is 11.5 Å². The number of nitrogens with one attached hydrogen (secondary N) is 1. The van der Waals surface area contributed by atoms with Gasteiger partial charge in [-0.1, -0.05) is 25.0 Å². The highest BCUT2D eigenvalue weighted by Crippen LogP contribution is 2.27. The fourth-order valence-electron chi connectivity index (χ4n) is 3.30. The van der Waals surface area contributed by atoms with Crippen LogP contribution in [0.1, 0.15) is 41.7 Å². The minimum Gasteiger partial charge on any atom is -0.391 e. The third-order valence-electron chi connectivity index (χ3n) is 4.75. The van der Waals surface area contributed by atoms with Gasteiger partial charge in [0.05, 0.1) is 23.6 Å². The van der Waals surface area contributed by atoms with Crippen LogP contribution in [0.25, 0.3) is 5.69 Å². The lowest BCUT2D eigenvalue weighted by molar-refractivity contribution is 0.0840. The summed E-state index contributed by atoms with van der Waals surface area (Å²) in [6, 6.07) is 6.29. The minimum absolute atomic E-state index is 0.230. The monoisotopic (exact) mass is 331 g/mol. The number of aliphatic hydroxyl groups excluding tert-OH is 1. The standard InChI is InChI=1S/C18H22FN3O2/c1-12-14(10-21-22(12)16-9-5-4-8-15(16)19)18(24)20-11-17(23)13-6-2-3-7-13/h4-5,8-10,13,17,23H,2-3,6-7,11H2,1H3,(H,20,24). The lowest BCUT2D eigenvalue weighted by Gasteiger charge is -2.18. The lowest BCUT2D eigenvalue weighted by atomic mass is 10.0. The number of hydrogen-bond donors (Lipinski definition) is 2. The van der Waals surface area contributed by atoms with Crippen molar-refractivity contribution in [3.63, 3.8) is 0 Å². The summed E-state index contributed by atoms with van der Waals surface area (Å²) < 4.78 is 15.3. The van der Waals surface area contributed by atoms with Crippen molar-refractivity contribution in [1.29, 1.82) is 0 Å². The Hall–Kier alpha value is -2.21. The van der Waals surface area contributed by atoms with E-state index in [1.807, 2.05) is 0 Å². The van der Waals surface area contributed by atoms with Crippen molar-refractivity contribution in [2.45, 2.75) is 38.7 Å². The van der Waals surface area contributed by atoms with Crippen LogP contribution >= 0.6 is 0 Å². The normalized spacial score (nSPS) is 16.3. The van der Waals surface area contributed by atoms with Crippen molar-refractivity contribution in [3.05, 3.63) is 47.5 Å². The van der Waals surface area contributed by atoms with Gasteiger partial charge in [0.15, 0.2) is 0 Å². The van der Waals surface area contributed by atoms with Gasteiger partial charge >= 0.3 is 0 Å². The second-order valence-corrected chi connectivity index (χ2v) is 6.33. The molecule has 1 atom stereocenters. The van der Waals surface area contributed by atoms with Crippen LogP contribution in [-0.4, -0.2) is 33.4 Å². The number of aromatic nitrogens is 2. The van der Waals surface area contributed by atoms with Crippen molar-refractivity contribution < 1.29 is 14.3 Å². The molecule has 1 aromatic heterocycles. The Morgan fingerprint density at radius 3 is 2.83 bits per heavy atom. The van der Waals surface area contributed by atoms with Crippen LogP contribution in [0.3, 0.4) is 0 Å². The van der Waals surface area contributed by atoms with Gasteiger partial charge in [0.25, 0.3) is 5.91 Å². The Bertz CT molecular complexity index is 723. The molecule has 2 N–H and O–H groups in total. The zero-order valence-corrected chi connectivity index (χ0v) is 13.7. The molecule has 0 aliphatic heterocycles. The van der Waals surface area contributed by atoms with E-state index in [0.717, 1.165) is 25.7 Å². The molecular formula is C18H22FN3O2. The van der Waals surface area contributed by atoms with Crippen LogP contribution in [-0.2, 0) is 0 Å². The van der Waals surface area contributed by atoms with Gasteiger partial charge in [-0.3, -0.25) is 4.79 Å². The van der Waals surface area contributed by atoms with Gasteiger partial charge in [-0.05, 0) is 37.8 Å². The molecule has 5 nitrogen and oxygen atoms in total. The first-order valence-electron chi connectivity index (χ1n) is 8.33. The number of benzene rings is 1. The average Bonchev–Trinajstić information content (AvgIpc) is 3.23. The number of halogens is 1. The summed E-state index contributed by atoms with van der Waals surface area (Å²) in [6.45, 7) is 1.95. The van der Waals surface area contributed by atoms with Crippen LogP contribution in [0.15, 0.2) is 30.5 Å². The summed E-state index contributed by atoms with van der Waals surface area (Å²) in [5, 5.41) is 17.0. The smallest absolute Gasteiger partial charge is 0.254 e. The van der Waals surface area contributed by atoms with Gasteiger partial charge in [-0.2, -0.15) is 5.10 Å². The molecule has 0 bridgehead atoms. The second-order valence-electron chi connectivity index (χ2n) is 6.33. The number of carbonyl (C=O) groups is 1. The van der Waals surface area contributed by atoms with Gasteiger partial charge in [0, 0.05) is 6.54 Å². The highest BCUT2D eigenvalue weighted by Gasteiger charge is 2.24. The van der Waals surface area contributed by atoms with Crippen LogP contribution in [0.5, 0.6) is 0 Å². The molecule has 0 saturated heterocycles. The molecule has 1 saturated carbocycles. The third-order valence-corrected chi connectivity index (χ3v) is 4.75. The van der Waals surface area contributed by atoms with E-state index < -0.39 is 11.9 Å². The molecule has 1 heterocycles. The minimum atomic E-state index is -0.515. The summed E-state index contributed by atoms with van der Waals surface area (Å²) in [5.41, 5.74) is 1.25. The molecule has 0 radical (unpaired) electrons. The molecule has 1 fully saturated rings. The number of rotatable bonds is 5. The largest absolute Gasteiger partial charge is 0.391 e. The molecule has 1 unspecified atom stereocenters. The molecule has 1 amide bonds. The fourth-order valence-corrected chi connectivity index (χ4v) is 3.30. The predicted octanol–water partition coefficient (Wildman–Crippen LogP) is 2.60.